The van der Waals surface area contributed by atoms with Crippen LogP contribution in [0.2, 0.25) is 0 Å². The van der Waals surface area contributed by atoms with Gasteiger partial charge in [-0.2, -0.15) is 0 Å². The van der Waals surface area contributed by atoms with E-state index < -0.39 is 12.0 Å². The molecule has 29 heavy (non-hydrogen) atoms. The number of rotatable bonds is 8. The van der Waals surface area contributed by atoms with Gasteiger partial charge in [0, 0.05) is 5.75 Å². The van der Waals surface area contributed by atoms with Crippen molar-refractivity contribution in [2.75, 3.05) is 19.0 Å². The average molecular weight is 480 g/mol. The lowest BCUT2D eigenvalue weighted by molar-refractivity contribution is -0.138. The van der Waals surface area contributed by atoms with Gasteiger partial charge in [0.25, 0.3) is 0 Å². The Morgan fingerprint density at radius 1 is 1.21 bits per heavy atom. The molecule has 1 aliphatic heterocycles. The van der Waals surface area contributed by atoms with Crippen LogP contribution in [-0.2, 0) is 4.79 Å². The molecular formula is C22H26BrNO4S. The topological polar surface area (TPSA) is 67.8 Å². The molecule has 3 rings (SSSR count). The first kappa shape index (κ1) is 22.0. The second-order valence-electron chi connectivity index (χ2n) is 7.35. The average Bonchev–Trinajstić information content (AvgIpc) is 3.16. The van der Waals surface area contributed by atoms with Gasteiger partial charge in [-0.25, -0.2) is 0 Å². The predicted octanol–water partition coefficient (Wildman–Crippen LogP) is 5.13. The first-order valence-electron chi connectivity index (χ1n) is 9.61. The van der Waals surface area contributed by atoms with Gasteiger partial charge in [0.15, 0.2) is 0 Å². The normalized spacial score (nSPS) is 18.8. The van der Waals surface area contributed by atoms with Crippen LogP contribution in [0.25, 0.3) is 0 Å². The summed E-state index contributed by atoms with van der Waals surface area (Å²) in [5.41, 5.74) is 3.39. The summed E-state index contributed by atoms with van der Waals surface area (Å²) in [4.78, 5) is 11.1. The molecule has 2 aromatic rings. The number of hydrogen-bond donors (Lipinski definition) is 2. The van der Waals surface area contributed by atoms with Gasteiger partial charge in [-0.3, -0.25) is 10.1 Å². The molecule has 0 saturated carbocycles. The zero-order valence-electron chi connectivity index (χ0n) is 16.8. The van der Waals surface area contributed by atoms with Crippen molar-refractivity contribution in [1.29, 1.82) is 0 Å². The van der Waals surface area contributed by atoms with Crippen LogP contribution in [0, 0.1) is 6.92 Å². The molecule has 1 fully saturated rings. The molecule has 7 heteroatoms. The van der Waals surface area contributed by atoms with E-state index in [0.717, 1.165) is 21.5 Å². The fourth-order valence-electron chi connectivity index (χ4n) is 3.15. The van der Waals surface area contributed by atoms with E-state index in [2.05, 4.69) is 60.2 Å². The molecule has 156 valence electrons. The van der Waals surface area contributed by atoms with Crippen LogP contribution in [0.3, 0.4) is 0 Å². The van der Waals surface area contributed by atoms with E-state index in [9.17, 15) is 4.79 Å². The van der Waals surface area contributed by atoms with Crippen molar-refractivity contribution < 1.29 is 19.4 Å². The van der Waals surface area contributed by atoms with Crippen LogP contribution in [0.15, 0.2) is 40.9 Å². The number of aliphatic carboxylic acids is 1. The molecule has 0 radical (unpaired) electrons. The van der Waals surface area contributed by atoms with E-state index in [1.807, 2.05) is 18.2 Å². The van der Waals surface area contributed by atoms with Gasteiger partial charge in [0.2, 0.25) is 0 Å². The fourth-order valence-corrected chi connectivity index (χ4v) is 4.88. The van der Waals surface area contributed by atoms with Gasteiger partial charge >= 0.3 is 5.97 Å². The van der Waals surface area contributed by atoms with Crippen LogP contribution < -0.4 is 14.8 Å². The molecule has 0 aliphatic carbocycles. The zero-order valence-corrected chi connectivity index (χ0v) is 19.2. The Kier molecular flexibility index (Phi) is 7.49. The number of carboxylic acids is 1. The summed E-state index contributed by atoms with van der Waals surface area (Å²) in [6.45, 7) is 7.26. The lowest BCUT2D eigenvalue weighted by Crippen LogP contribution is -2.33. The number of thioether (sulfide) groups is 1. The highest BCUT2D eigenvalue weighted by Gasteiger charge is 2.30. The van der Waals surface area contributed by atoms with E-state index in [-0.39, 0.29) is 5.37 Å². The number of aryl methyl sites for hydroxylation is 1. The van der Waals surface area contributed by atoms with E-state index in [0.29, 0.717) is 24.9 Å². The number of carboxylic acid groups (broad SMARTS) is 1. The maximum absolute atomic E-state index is 11.1. The van der Waals surface area contributed by atoms with E-state index in [1.54, 1.807) is 11.8 Å². The Morgan fingerprint density at radius 3 is 2.55 bits per heavy atom. The molecule has 0 aromatic heterocycles. The number of benzene rings is 2. The predicted molar refractivity (Wildman–Crippen MR) is 120 cm³/mol. The van der Waals surface area contributed by atoms with Gasteiger partial charge in [0.05, 0.1) is 9.85 Å². The first-order chi connectivity index (χ1) is 13.8. The van der Waals surface area contributed by atoms with Gasteiger partial charge < -0.3 is 14.6 Å². The van der Waals surface area contributed by atoms with Crippen molar-refractivity contribution in [1.82, 2.24) is 5.32 Å². The molecule has 2 unspecified atom stereocenters. The van der Waals surface area contributed by atoms with Crippen molar-refractivity contribution in [3.63, 3.8) is 0 Å². The Balaban J connectivity index is 1.54. The van der Waals surface area contributed by atoms with Crippen molar-refractivity contribution in [3.8, 4) is 11.5 Å². The van der Waals surface area contributed by atoms with Gasteiger partial charge in [0.1, 0.15) is 30.8 Å². The maximum Gasteiger partial charge on any atom is 0.321 e. The lowest BCUT2D eigenvalue weighted by atomic mass is 10.0. The molecule has 5 nitrogen and oxygen atoms in total. The molecule has 2 atom stereocenters. The summed E-state index contributed by atoms with van der Waals surface area (Å²) in [5.74, 6) is 1.80. The molecule has 1 heterocycles. The number of carbonyl (C=O) groups is 1. The van der Waals surface area contributed by atoms with Crippen LogP contribution in [0.4, 0.5) is 0 Å². The second kappa shape index (κ2) is 9.87. The molecule has 1 aliphatic rings. The van der Waals surface area contributed by atoms with Gasteiger partial charge in [-0.05, 0) is 63.7 Å². The Hall–Kier alpha value is -1.70. The van der Waals surface area contributed by atoms with E-state index >= 15 is 0 Å². The van der Waals surface area contributed by atoms with E-state index in [1.165, 1.54) is 11.1 Å². The van der Waals surface area contributed by atoms with Crippen molar-refractivity contribution in [2.24, 2.45) is 0 Å². The van der Waals surface area contributed by atoms with Crippen LogP contribution in [-0.4, -0.2) is 36.1 Å². The van der Waals surface area contributed by atoms with Crippen LogP contribution in [0.5, 0.6) is 11.5 Å². The minimum atomic E-state index is -0.812. The molecule has 2 aromatic carbocycles. The highest BCUT2D eigenvalue weighted by molar-refractivity contribution is 9.10. The molecule has 1 saturated heterocycles. The third-order valence-corrected chi connectivity index (χ3v) is 6.62. The standard InChI is InChI=1S/C22H26BrNO4S/c1-13(2)16-6-4-14(3)10-20(16)28-9-8-27-19-7-5-15(11-17(19)23)21-24-18(12-29-21)22(25)26/h4-7,10-11,13,18,21,24H,8-9,12H2,1-3H3,(H,25,26). The van der Waals surface area contributed by atoms with Crippen LogP contribution in [0.1, 0.15) is 41.8 Å². The quantitative estimate of drug-likeness (QED) is 0.511. The number of nitrogens with one attached hydrogen (secondary N) is 1. The maximum atomic E-state index is 11.1. The SMILES string of the molecule is Cc1ccc(C(C)C)c(OCCOc2ccc(C3NC(C(=O)O)CS3)cc2Br)c1. The number of ether oxygens (including phenoxy) is 2. The Bertz CT molecular complexity index is 874. The van der Waals surface area contributed by atoms with E-state index in [4.69, 9.17) is 14.6 Å². The molecule has 2 N–H and O–H groups in total. The molecular weight excluding hydrogens is 454 g/mol. The zero-order chi connectivity index (χ0) is 21.0. The minimum absolute atomic E-state index is 0.0273. The van der Waals surface area contributed by atoms with Crippen LogP contribution >= 0.6 is 27.7 Å². The third-order valence-electron chi connectivity index (χ3n) is 4.73. The minimum Gasteiger partial charge on any atom is -0.490 e. The highest BCUT2D eigenvalue weighted by atomic mass is 79.9. The molecule has 0 amide bonds. The molecule has 0 spiro atoms. The van der Waals surface area contributed by atoms with Crippen molar-refractivity contribution >= 4 is 33.7 Å². The first-order valence-corrected chi connectivity index (χ1v) is 11.5. The highest BCUT2D eigenvalue weighted by Crippen LogP contribution is 2.36. The van der Waals surface area contributed by atoms with Crippen molar-refractivity contribution in [3.05, 3.63) is 57.6 Å². The van der Waals surface area contributed by atoms with Crippen molar-refractivity contribution in [2.45, 2.75) is 38.1 Å². The molecule has 0 bridgehead atoms. The second-order valence-corrected chi connectivity index (χ2v) is 9.35. The summed E-state index contributed by atoms with van der Waals surface area (Å²) >= 11 is 5.15. The summed E-state index contributed by atoms with van der Waals surface area (Å²) < 4.78 is 12.7. The number of halogens is 1. The summed E-state index contributed by atoms with van der Waals surface area (Å²) in [7, 11) is 0. The smallest absolute Gasteiger partial charge is 0.321 e. The van der Waals surface area contributed by atoms with Gasteiger partial charge in [-0.15, -0.1) is 11.8 Å². The van der Waals surface area contributed by atoms with Gasteiger partial charge in [-0.1, -0.05) is 32.0 Å². The third kappa shape index (κ3) is 5.68. The Labute approximate surface area is 184 Å². The Morgan fingerprint density at radius 2 is 1.93 bits per heavy atom. The summed E-state index contributed by atoms with van der Waals surface area (Å²) in [5, 5.41) is 12.2. The fraction of sp³-hybridized carbons (Fsp3) is 0.409. The monoisotopic (exact) mass is 479 g/mol. The lowest BCUT2D eigenvalue weighted by Gasteiger charge is -2.16. The summed E-state index contributed by atoms with van der Waals surface area (Å²) in [6, 6.07) is 11.6. The number of hydrogen-bond acceptors (Lipinski definition) is 5. The largest absolute Gasteiger partial charge is 0.490 e. The summed E-state index contributed by atoms with van der Waals surface area (Å²) in [6.07, 6.45) is 0.